The first kappa shape index (κ1) is 18.1. The van der Waals surface area contributed by atoms with Crippen LogP contribution in [0.15, 0.2) is 48.5 Å². The molecule has 0 spiro atoms. The molecule has 1 saturated heterocycles. The van der Waals surface area contributed by atoms with E-state index in [1.54, 1.807) is 0 Å². The van der Waals surface area contributed by atoms with Gasteiger partial charge in [0.15, 0.2) is 0 Å². The molecule has 1 N–H and O–H groups in total. The summed E-state index contributed by atoms with van der Waals surface area (Å²) in [5.74, 6) is 0. The molecule has 0 amide bonds. The molecule has 0 bridgehead atoms. The number of aliphatic hydroxyl groups excluding tert-OH is 1. The fourth-order valence-electron chi connectivity index (χ4n) is 3.86. The summed E-state index contributed by atoms with van der Waals surface area (Å²) in [4.78, 5) is 7.35. The van der Waals surface area contributed by atoms with E-state index in [0.29, 0.717) is 6.04 Å². The third-order valence-electron chi connectivity index (χ3n) is 5.56. The van der Waals surface area contributed by atoms with E-state index in [0.717, 1.165) is 59.6 Å². The van der Waals surface area contributed by atoms with Crippen LogP contribution in [-0.2, 0) is 11.3 Å². The summed E-state index contributed by atoms with van der Waals surface area (Å²) >= 11 is 0. The minimum Gasteiger partial charge on any atom is -0.392 e. The van der Waals surface area contributed by atoms with Gasteiger partial charge in [0.2, 0.25) is 0 Å². The van der Waals surface area contributed by atoms with Gasteiger partial charge in [-0.05, 0) is 31.0 Å². The van der Waals surface area contributed by atoms with Crippen molar-refractivity contribution in [2.75, 3.05) is 26.3 Å². The van der Waals surface area contributed by atoms with Crippen LogP contribution in [0, 0.1) is 6.92 Å². The number of fused-ring (bicyclic) bond motifs is 1. The second-order valence-corrected chi connectivity index (χ2v) is 7.25. The highest BCUT2D eigenvalue weighted by Gasteiger charge is 2.18. The maximum Gasteiger partial charge on any atom is 0.0764 e. The number of para-hydroxylation sites is 1. The first-order valence-corrected chi connectivity index (χ1v) is 9.59. The molecule has 1 aliphatic heterocycles. The van der Waals surface area contributed by atoms with Crippen molar-refractivity contribution in [3.63, 3.8) is 0 Å². The van der Waals surface area contributed by atoms with Crippen LogP contribution < -0.4 is 0 Å². The van der Waals surface area contributed by atoms with Crippen LogP contribution in [0.25, 0.3) is 22.2 Å². The molecule has 140 valence electrons. The maximum atomic E-state index is 9.86. The number of nitrogens with zero attached hydrogens (tertiary/aromatic N) is 2. The summed E-state index contributed by atoms with van der Waals surface area (Å²) in [5, 5.41) is 10.9. The number of pyridine rings is 1. The number of benzene rings is 2. The normalized spacial score (nSPS) is 16.6. The molecule has 2 aromatic carbocycles. The number of ether oxygens (including phenoxy) is 1. The number of aliphatic hydroxyl groups is 1. The third kappa shape index (κ3) is 3.61. The smallest absolute Gasteiger partial charge is 0.0764 e. The molecule has 4 nitrogen and oxygen atoms in total. The predicted molar refractivity (Wildman–Crippen MR) is 109 cm³/mol. The zero-order valence-electron chi connectivity index (χ0n) is 16.0. The van der Waals surface area contributed by atoms with Crippen molar-refractivity contribution in [2.24, 2.45) is 0 Å². The summed E-state index contributed by atoms with van der Waals surface area (Å²) < 4.78 is 5.46. The Kier molecular flexibility index (Phi) is 5.21. The van der Waals surface area contributed by atoms with Gasteiger partial charge in [0, 0.05) is 35.6 Å². The zero-order valence-corrected chi connectivity index (χ0v) is 16.0. The molecule has 1 aromatic heterocycles. The number of rotatable bonds is 4. The Morgan fingerprint density at radius 2 is 1.85 bits per heavy atom. The van der Waals surface area contributed by atoms with Gasteiger partial charge in [-0.25, -0.2) is 4.98 Å². The Hall–Kier alpha value is -2.27. The van der Waals surface area contributed by atoms with E-state index in [1.807, 2.05) is 12.1 Å². The Labute approximate surface area is 160 Å². The van der Waals surface area contributed by atoms with Crippen LogP contribution in [0.2, 0.25) is 0 Å². The lowest BCUT2D eigenvalue weighted by atomic mass is 9.99. The SMILES string of the molecule is Cc1cccc2cc(CO)c(-c3ccc(C(C)N4CCOCC4)cc3)nc12. The van der Waals surface area contributed by atoms with Crippen LogP contribution in [0.1, 0.15) is 29.7 Å². The fourth-order valence-corrected chi connectivity index (χ4v) is 3.86. The Morgan fingerprint density at radius 3 is 2.56 bits per heavy atom. The maximum absolute atomic E-state index is 9.86. The van der Waals surface area contributed by atoms with Gasteiger partial charge in [-0.3, -0.25) is 4.90 Å². The molecular formula is C23H26N2O2. The van der Waals surface area contributed by atoms with Gasteiger partial charge in [-0.2, -0.15) is 0 Å². The number of aromatic nitrogens is 1. The lowest BCUT2D eigenvalue weighted by Crippen LogP contribution is -2.37. The molecular weight excluding hydrogens is 336 g/mol. The van der Waals surface area contributed by atoms with Crippen molar-refractivity contribution in [3.05, 3.63) is 65.2 Å². The van der Waals surface area contributed by atoms with Gasteiger partial charge >= 0.3 is 0 Å². The van der Waals surface area contributed by atoms with Crippen LogP contribution in [0.4, 0.5) is 0 Å². The number of aryl methyl sites for hydroxylation is 1. The highest BCUT2D eigenvalue weighted by Crippen LogP contribution is 2.29. The van der Waals surface area contributed by atoms with Crippen molar-refractivity contribution in [1.82, 2.24) is 9.88 Å². The Balaban J connectivity index is 1.68. The lowest BCUT2D eigenvalue weighted by Gasteiger charge is -2.32. The zero-order chi connectivity index (χ0) is 18.8. The summed E-state index contributed by atoms with van der Waals surface area (Å²) in [6.07, 6.45) is 0. The summed E-state index contributed by atoms with van der Waals surface area (Å²) in [6.45, 7) is 7.87. The first-order valence-electron chi connectivity index (χ1n) is 9.59. The fraction of sp³-hybridized carbons (Fsp3) is 0.348. The Bertz CT molecular complexity index is 931. The van der Waals surface area contributed by atoms with E-state index < -0.39 is 0 Å². The number of morpholine rings is 1. The predicted octanol–water partition coefficient (Wildman–Crippen LogP) is 4.10. The van der Waals surface area contributed by atoms with Crippen LogP contribution >= 0.6 is 0 Å². The summed E-state index contributed by atoms with van der Waals surface area (Å²) in [7, 11) is 0. The first-order chi connectivity index (χ1) is 13.2. The van der Waals surface area contributed by atoms with E-state index in [2.05, 4.69) is 55.1 Å². The van der Waals surface area contributed by atoms with Crippen molar-refractivity contribution in [1.29, 1.82) is 0 Å². The molecule has 1 unspecified atom stereocenters. The number of hydrogen-bond donors (Lipinski definition) is 1. The number of hydrogen-bond acceptors (Lipinski definition) is 4. The third-order valence-corrected chi connectivity index (χ3v) is 5.56. The largest absolute Gasteiger partial charge is 0.392 e. The molecule has 1 aliphatic rings. The molecule has 0 saturated carbocycles. The van der Waals surface area contributed by atoms with Crippen LogP contribution in [0.5, 0.6) is 0 Å². The average molecular weight is 362 g/mol. The van der Waals surface area contributed by atoms with Gasteiger partial charge in [0.05, 0.1) is 31.0 Å². The Morgan fingerprint density at radius 1 is 1.11 bits per heavy atom. The molecule has 27 heavy (non-hydrogen) atoms. The molecule has 2 heterocycles. The van der Waals surface area contributed by atoms with E-state index in [4.69, 9.17) is 9.72 Å². The van der Waals surface area contributed by atoms with Gasteiger partial charge in [0.1, 0.15) is 0 Å². The lowest BCUT2D eigenvalue weighted by molar-refractivity contribution is 0.0198. The molecule has 4 rings (SSSR count). The van der Waals surface area contributed by atoms with Crippen molar-refractivity contribution < 1.29 is 9.84 Å². The van der Waals surface area contributed by atoms with Crippen molar-refractivity contribution >= 4 is 10.9 Å². The molecule has 0 radical (unpaired) electrons. The van der Waals surface area contributed by atoms with Crippen LogP contribution in [0.3, 0.4) is 0 Å². The second-order valence-electron chi connectivity index (χ2n) is 7.25. The molecule has 1 atom stereocenters. The van der Waals surface area contributed by atoms with Crippen molar-refractivity contribution in [3.8, 4) is 11.3 Å². The summed E-state index contributed by atoms with van der Waals surface area (Å²) in [5.41, 5.74) is 6.21. The van der Waals surface area contributed by atoms with Gasteiger partial charge in [0.25, 0.3) is 0 Å². The van der Waals surface area contributed by atoms with Gasteiger partial charge < -0.3 is 9.84 Å². The highest BCUT2D eigenvalue weighted by atomic mass is 16.5. The van der Waals surface area contributed by atoms with E-state index in [1.165, 1.54) is 5.56 Å². The average Bonchev–Trinajstić information content (AvgIpc) is 2.73. The molecule has 1 fully saturated rings. The monoisotopic (exact) mass is 362 g/mol. The minimum absolute atomic E-state index is 0.0157. The van der Waals surface area contributed by atoms with Crippen LogP contribution in [-0.4, -0.2) is 41.3 Å². The van der Waals surface area contributed by atoms with E-state index >= 15 is 0 Å². The van der Waals surface area contributed by atoms with Crippen molar-refractivity contribution in [2.45, 2.75) is 26.5 Å². The standard InChI is InChI=1S/C23H26N2O2/c1-16-4-3-5-20-14-21(15-26)23(24-22(16)20)19-8-6-18(7-9-19)17(2)25-10-12-27-13-11-25/h3-9,14,17,26H,10-13,15H2,1-2H3. The highest BCUT2D eigenvalue weighted by molar-refractivity contribution is 5.85. The topological polar surface area (TPSA) is 45.6 Å². The second kappa shape index (κ2) is 7.77. The minimum atomic E-state index is -0.0157. The van der Waals surface area contributed by atoms with E-state index in [-0.39, 0.29) is 6.61 Å². The van der Waals surface area contributed by atoms with Gasteiger partial charge in [-0.1, -0.05) is 42.5 Å². The summed E-state index contributed by atoms with van der Waals surface area (Å²) in [6, 6.07) is 17.2. The molecule has 3 aromatic rings. The van der Waals surface area contributed by atoms with Gasteiger partial charge in [-0.15, -0.1) is 0 Å². The van der Waals surface area contributed by atoms with E-state index in [9.17, 15) is 5.11 Å². The molecule has 4 heteroatoms. The molecule has 0 aliphatic carbocycles. The quantitative estimate of drug-likeness (QED) is 0.759.